The molecule has 166 valence electrons. The van der Waals surface area contributed by atoms with Crippen molar-refractivity contribution in [3.05, 3.63) is 77.6 Å². The molecule has 2 unspecified atom stereocenters. The van der Waals surface area contributed by atoms with Crippen molar-refractivity contribution in [2.45, 2.75) is 30.0 Å². The van der Waals surface area contributed by atoms with Crippen molar-refractivity contribution in [2.75, 3.05) is 13.2 Å². The zero-order valence-electron chi connectivity index (χ0n) is 17.3. The van der Waals surface area contributed by atoms with Crippen molar-refractivity contribution in [3.8, 4) is 5.75 Å². The number of nitrogens with one attached hydrogen (secondary N) is 1. The Balaban J connectivity index is 0.00000272. The molecule has 0 aliphatic heterocycles. The fraction of sp³-hybridized carbons (Fsp3) is 0.318. The van der Waals surface area contributed by atoms with E-state index >= 15 is 0 Å². The van der Waals surface area contributed by atoms with E-state index in [2.05, 4.69) is 27.9 Å². The molecule has 0 amide bonds. The summed E-state index contributed by atoms with van der Waals surface area (Å²) >= 11 is 0. The van der Waals surface area contributed by atoms with E-state index in [1.54, 1.807) is 13.2 Å². The largest absolute Gasteiger partial charge is 0.492 e. The molecule has 2 aromatic carbocycles. The standard InChI is InChI=1S/C22H26N4O3S.ClH/c1-26-11-9-24-22(26)30(27,28)25-10-12-29-18-8-7-17-14-21(23)20(19(17)15-18)13-16-5-3-2-4-6-16;/h2-9,11,15,20-21,25H,10,12-14,23H2,1H3;1H. The van der Waals surface area contributed by atoms with Crippen molar-refractivity contribution < 1.29 is 13.2 Å². The van der Waals surface area contributed by atoms with Gasteiger partial charge >= 0.3 is 0 Å². The molecule has 9 heteroatoms. The first-order valence-corrected chi connectivity index (χ1v) is 11.4. The molecule has 31 heavy (non-hydrogen) atoms. The lowest BCUT2D eigenvalue weighted by Gasteiger charge is -2.17. The summed E-state index contributed by atoms with van der Waals surface area (Å²) < 4.78 is 34.3. The summed E-state index contributed by atoms with van der Waals surface area (Å²) in [7, 11) is -2.02. The van der Waals surface area contributed by atoms with Crippen LogP contribution in [-0.2, 0) is 29.9 Å². The summed E-state index contributed by atoms with van der Waals surface area (Å²) in [6.45, 7) is 0.372. The maximum Gasteiger partial charge on any atom is 0.274 e. The number of sulfonamides is 1. The Morgan fingerprint density at radius 2 is 2.00 bits per heavy atom. The molecule has 0 fully saturated rings. The number of hydrogen-bond acceptors (Lipinski definition) is 5. The summed E-state index contributed by atoms with van der Waals surface area (Å²) in [5.74, 6) is 0.963. The zero-order valence-corrected chi connectivity index (χ0v) is 18.9. The second-order valence-electron chi connectivity index (χ2n) is 7.59. The van der Waals surface area contributed by atoms with Crippen molar-refractivity contribution in [2.24, 2.45) is 12.8 Å². The van der Waals surface area contributed by atoms with Gasteiger partial charge in [-0.15, -0.1) is 12.4 Å². The molecule has 3 aromatic rings. The zero-order chi connectivity index (χ0) is 21.1. The number of aryl methyl sites for hydroxylation is 1. The normalized spacial score (nSPS) is 17.7. The van der Waals surface area contributed by atoms with Crippen LogP contribution < -0.4 is 15.2 Å². The van der Waals surface area contributed by atoms with E-state index < -0.39 is 10.0 Å². The molecular formula is C22H27ClN4O3S. The van der Waals surface area contributed by atoms with Crippen molar-refractivity contribution in [3.63, 3.8) is 0 Å². The fourth-order valence-corrected chi connectivity index (χ4v) is 5.09. The van der Waals surface area contributed by atoms with Gasteiger partial charge in [-0.2, -0.15) is 0 Å². The van der Waals surface area contributed by atoms with Gasteiger partial charge in [-0.3, -0.25) is 0 Å². The van der Waals surface area contributed by atoms with E-state index in [-0.39, 0.29) is 42.7 Å². The second kappa shape index (κ2) is 9.82. The molecule has 1 aliphatic carbocycles. The molecule has 4 rings (SSSR count). The second-order valence-corrected chi connectivity index (χ2v) is 9.25. The first-order valence-electron chi connectivity index (χ1n) is 9.96. The summed E-state index contributed by atoms with van der Waals surface area (Å²) in [6, 6.07) is 16.5. The van der Waals surface area contributed by atoms with Gasteiger partial charge in [0.25, 0.3) is 10.0 Å². The molecule has 0 spiro atoms. The lowest BCUT2D eigenvalue weighted by atomic mass is 9.91. The Morgan fingerprint density at radius 1 is 1.23 bits per heavy atom. The molecule has 1 aliphatic rings. The molecule has 2 atom stereocenters. The van der Waals surface area contributed by atoms with E-state index in [0.29, 0.717) is 0 Å². The van der Waals surface area contributed by atoms with Crippen LogP contribution >= 0.6 is 12.4 Å². The van der Waals surface area contributed by atoms with Gasteiger partial charge in [-0.05, 0) is 41.7 Å². The maximum absolute atomic E-state index is 12.3. The number of ether oxygens (including phenoxy) is 1. The van der Waals surface area contributed by atoms with E-state index in [1.165, 1.54) is 27.5 Å². The minimum absolute atomic E-state index is 0. The number of nitrogens with two attached hydrogens (primary N) is 1. The van der Waals surface area contributed by atoms with Crippen molar-refractivity contribution >= 4 is 22.4 Å². The minimum Gasteiger partial charge on any atom is -0.492 e. The van der Waals surface area contributed by atoms with E-state index in [4.69, 9.17) is 10.5 Å². The minimum atomic E-state index is -3.66. The summed E-state index contributed by atoms with van der Waals surface area (Å²) in [5, 5.41) is -0.0160. The molecular weight excluding hydrogens is 436 g/mol. The molecule has 3 N–H and O–H groups in total. The number of hydrogen-bond donors (Lipinski definition) is 2. The molecule has 0 bridgehead atoms. The Kier molecular flexibility index (Phi) is 7.38. The molecule has 7 nitrogen and oxygen atoms in total. The number of nitrogens with zero attached hydrogens (tertiary/aromatic N) is 2. The summed E-state index contributed by atoms with van der Waals surface area (Å²) in [4.78, 5) is 3.87. The Bertz CT molecular complexity index is 1120. The van der Waals surface area contributed by atoms with Crippen molar-refractivity contribution in [1.29, 1.82) is 0 Å². The predicted molar refractivity (Wildman–Crippen MR) is 122 cm³/mol. The smallest absolute Gasteiger partial charge is 0.274 e. The number of benzene rings is 2. The van der Waals surface area contributed by atoms with Gasteiger partial charge in [-0.25, -0.2) is 18.1 Å². The quantitative estimate of drug-likeness (QED) is 0.501. The maximum atomic E-state index is 12.3. The number of imidazole rings is 1. The predicted octanol–water partition coefficient (Wildman–Crippen LogP) is 2.41. The van der Waals surface area contributed by atoms with Crippen molar-refractivity contribution in [1.82, 2.24) is 14.3 Å². The molecule has 1 aromatic heterocycles. The lowest BCUT2D eigenvalue weighted by Crippen LogP contribution is -2.30. The third-order valence-electron chi connectivity index (χ3n) is 5.47. The van der Waals surface area contributed by atoms with Crippen LogP contribution in [0.5, 0.6) is 5.75 Å². The number of rotatable bonds is 8. The number of halogens is 1. The summed E-state index contributed by atoms with van der Waals surface area (Å²) in [5.41, 5.74) is 10.2. The van der Waals surface area contributed by atoms with Gasteiger partial charge in [0.05, 0.1) is 0 Å². The SMILES string of the molecule is Cl.Cn1ccnc1S(=O)(=O)NCCOc1ccc2c(c1)C(Cc1ccccc1)C(N)C2. The van der Waals surface area contributed by atoms with Gasteiger partial charge in [0.15, 0.2) is 0 Å². The van der Waals surface area contributed by atoms with E-state index in [9.17, 15) is 8.42 Å². The first kappa shape index (κ1) is 23.3. The summed E-state index contributed by atoms with van der Waals surface area (Å²) in [6.07, 6.45) is 4.79. The Morgan fingerprint density at radius 3 is 2.71 bits per heavy atom. The van der Waals surface area contributed by atoms with Crippen LogP contribution in [0.1, 0.15) is 22.6 Å². The van der Waals surface area contributed by atoms with E-state index in [1.807, 2.05) is 30.3 Å². The lowest BCUT2D eigenvalue weighted by molar-refractivity contribution is 0.322. The van der Waals surface area contributed by atoms with Crippen LogP contribution in [0.3, 0.4) is 0 Å². The Labute approximate surface area is 189 Å². The molecule has 1 heterocycles. The first-order chi connectivity index (χ1) is 14.4. The monoisotopic (exact) mass is 462 g/mol. The number of aromatic nitrogens is 2. The van der Waals surface area contributed by atoms with Crippen LogP contribution in [0, 0.1) is 0 Å². The fourth-order valence-electron chi connectivity index (χ4n) is 3.97. The molecule has 0 saturated heterocycles. The average molecular weight is 463 g/mol. The average Bonchev–Trinajstić information content (AvgIpc) is 3.30. The van der Waals surface area contributed by atoms with Gasteiger partial charge in [0.2, 0.25) is 5.16 Å². The van der Waals surface area contributed by atoms with Gasteiger partial charge in [0.1, 0.15) is 12.4 Å². The van der Waals surface area contributed by atoms with Gasteiger partial charge in [-0.1, -0.05) is 36.4 Å². The van der Waals surface area contributed by atoms with Crippen LogP contribution in [0.4, 0.5) is 0 Å². The highest BCUT2D eigenvalue weighted by Gasteiger charge is 2.30. The van der Waals surface area contributed by atoms with Crippen LogP contribution in [-0.4, -0.2) is 37.2 Å². The van der Waals surface area contributed by atoms with Crippen LogP contribution in [0.2, 0.25) is 0 Å². The molecule has 0 radical (unpaired) electrons. The molecule has 0 saturated carbocycles. The van der Waals surface area contributed by atoms with E-state index in [0.717, 1.165) is 18.6 Å². The third-order valence-corrected chi connectivity index (χ3v) is 6.93. The number of fused-ring (bicyclic) bond motifs is 1. The highest BCUT2D eigenvalue weighted by Crippen LogP contribution is 2.37. The highest BCUT2D eigenvalue weighted by atomic mass is 35.5. The third kappa shape index (κ3) is 5.27. The van der Waals surface area contributed by atoms with Gasteiger partial charge < -0.3 is 15.0 Å². The highest BCUT2D eigenvalue weighted by molar-refractivity contribution is 7.89. The van der Waals surface area contributed by atoms with Crippen LogP contribution in [0.15, 0.2) is 66.1 Å². The van der Waals surface area contributed by atoms with Crippen LogP contribution in [0.25, 0.3) is 0 Å². The van der Waals surface area contributed by atoms with Gasteiger partial charge in [0, 0.05) is 37.9 Å². The Hall–Kier alpha value is -2.39. The topological polar surface area (TPSA) is 99.2 Å².